The number of carbonyl (C=O) groups is 3. The minimum Gasteiger partial charge on any atom is -0.478 e. The first-order valence-electron chi connectivity index (χ1n) is 6.73. The Bertz CT molecular complexity index is 496. The number of aliphatic hydroxyl groups excluding tert-OH is 1. The van der Waals surface area contributed by atoms with Crippen molar-refractivity contribution in [3.8, 4) is 0 Å². The van der Waals surface area contributed by atoms with Crippen LogP contribution >= 0.6 is 0 Å². The topological polar surface area (TPSA) is 110 Å². The van der Waals surface area contributed by atoms with Crippen molar-refractivity contribution >= 4 is 17.9 Å². The summed E-state index contributed by atoms with van der Waals surface area (Å²) in [6.07, 6.45) is 0.797. The van der Waals surface area contributed by atoms with Gasteiger partial charge in [-0.05, 0) is 25.5 Å². The van der Waals surface area contributed by atoms with Crippen LogP contribution in [0.1, 0.15) is 41.0 Å². The Hall–Kier alpha value is -2.41. The van der Waals surface area contributed by atoms with Gasteiger partial charge in [0, 0.05) is 0 Å². The predicted molar refractivity (Wildman–Crippen MR) is 77.7 cm³/mol. The standard InChI is InChI=1S/C10H10O4.C5H10O3/c1-2-14-10(13)8-6-4-3-5-7(8)9(11)12;1-2-3-8-5(7)4-6/h3-6H,2H2,1H3,(H,11,12);6H,2-4H2,1H3. The molecule has 2 N–H and O–H groups in total. The maximum atomic E-state index is 11.3. The summed E-state index contributed by atoms with van der Waals surface area (Å²) in [5, 5.41) is 16.9. The number of aromatic carboxylic acids is 1. The molecule has 7 heteroatoms. The summed E-state index contributed by atoms with van der Waals surface area (Å²) in [5.41, 5.74) is 0.0489. The summed E-state index contributed by atoms with van der Waals surface area (Å²) < 4.78 is 9.17. The number of carboxylic acids is 1. The molecule has 0 heterocycles. The van der Waals surface area contributed by atoms with Gasteiger partial charge in [0.2, 0.25) is 0 Å². The smallest absolute Gasteiger partial charge is 0.338 e. The van der Waals surface area contributed by atoms with Gasteiger partial charge in [0.1, 0.15) is 6.61 Å². The molecule has 122 valence electrons. The Morgan fingerprint density at radius 2 is 1.64 bits per heavy atom. The number of carboxylic acid groups (broad SMARTS) is 1. The zero-order valence-corrected chi connectivity index (χ0v) is 12.6. The summed E-state index contributed by atoms with van der Waals surface area (Å²) >= 11 is 0. The molecule has 0 amide bonds. The van der Waals surface area contributed by atoms with Crippen molar-refractivity contribution < 1.29 is 34.1 Å². The van der Waals surface area contributed by atoms with Crippen molar-refractivity contribution in [2.45, 2.75) is 20.3 Å². The van der Waals surface area contributed by atoms with Crippen LogP contribution in [0.25, 0.3) is 0 Å². The highest BCUT2D eigenvalue weighted by molar-refractivity contribution is 6.02. The van der Waals surface area contributed by atoms with E-state index in [1.807, 2.05) is 6.92 Å². The van der Waals surface area contributed by atoms with E-state index in [9.17, 15) is 14.4 Å². The van der Waals surface area contributed by atoms with E-state index in [-0.39, 0.29) is 17.7 Å². The van der Waals surface area contributed by atoms with Crippen LogP contribution in [-0.4, -0.2) is 47.9 Å². The van der Waals surface area contributed by atoms with Gasteiger partial charge < -0.3 is 19.7 Å². The third-order valence-electron chi connectivity index (χ3n) is 2.25. The molecule has 0 unspecified atom stereocenters. The number of hydrogen-bond acceptors (Lipinski definition) is 6. The van der Waals surface area contributed by atoms with Crippen molar-refractivity contribution in [1.29, 1.82) is 0 Å². The summed E-state index contributed by atoms with van der Waals surface area (Å²) in [5.74, 6) is -2.29. The van der Waals surface area contributed by atoms with E-state index in [0.29, 0.717) is 6.61 Å². The van der Waals surface area contributed by atoms with E-state index in [2.05, 4.69) is 4.74 Å². The van der Waals surface area contributed by atoms with Gasteiger partial charge in [0.25, 0.3) is 0 Å². The quantitative estimate of drug-likeness (QED) is 0.766. The van der Waals surface area contributed by atoms with Crippen LogP contribution in [-0.2, 0) is 14.3 Å². The van der Waals surface area contributed by atoms with Crippen LogP contribution in [0.15, 0.2) is 24.3 Å². The minimum absolute atomic E-state index is 0.0362. The number of rotatable bonds is 6. The largest absolute Gasteiger partial charge is 0.478 e. The van der Waals surface area contributed by atoms with Crippen LogP contribution in [0.2, 0.25) is 0 Å². The highest BCUT2D eigenvalue weighted by Crippen LogP contribution is 2.09. The predicted octanol–water partition coefficient (Wildman–Crippen LogP) is 1.49. The van der Waals surface area contributed by atoms with Crippen molar-refractivity contribution in [3.05, 3.63) is 35.4 Å². The first-order valence-corrected chi connectivity index (χ1v) is 6.73. The molecule has 0 fully saturated rings. The van der Waals surface area contributed by atoms with Gasteiger partial charge in [-0.25, -0.2) is 14.4 Å². The van der Waals surface area contributed by atoms with Crippen LogP contribution in [0.3, 0.4) is 0 Å². The average molecular weight is 312 g/mol. The minimum atomic E-state index is -1.13. The van der Waals surface area contributed by atoms with Crippen LogP contribution < -0.4 is 0 Å². The first kappa shape index (κ1) is 19.6. The zero-order valence-electron chi connectivity index (χ0n) is 12.6. The number of aliphatic hydroxyl groups is 1. The molecule has 0 aliphatic heterocycles. The van der Waals surface area contributed by atoms with E-state index in [4.69, 9.17) is 14.9 Å². The molecule has 7 nitrogen and oxygen atoms in total. The Morgan fingerprint density at radius 3 is 2.09 bits per heavy atom. The SMILES string of the molecule is CCCOC(=O)CO.CCOC(=O)c1ccccc1C(=O)O. The highest BCUT2D eigenvalue weighted by atomic mass is 16.5. The molecule has 0 aromatic heterocycles. The van der Waals surface area contributed by atoms with Gasteiger partial charge >= 0.3 is 17.9 Å². The second-order valence-electron chi connectivity index (χ2n) is 3.95. The van der Waals surface area contributed by atoms with E-state index in [1.54, 1.807) is 19.1 Å². The molecule has 0 saturated heterocycles. The molecular formula is C15H20O7. The molecule has 22 heavy (non-hydrogen) atoms. The Balaban J connectivity index is 0.000000472. The fraction of sp³-hybridized carbons (Fsp3) is 0.400. The number of ether oxygens (including phenoxy) is 2. The molecule has 0 saturated carbocycles. The molecule has 0 aliphatic rings. The monoisotopic (exact) mass is 312 g/mol. The molecule has 0 spiro atoms. The molecule has 1 aromatic carbocycles. The number of benzene rings is 1. The van der Waals surface area contributed by atoms with Crippen molar-refractivity contribution in [2.75, 3.05) is 19.8 Å². The summed E-state index contributed by atoms with van der Waals surface area (Å²) in [6, 6.07) is 5.96. The second-order valence-corrected chi connectivity index (χ2v) is 3.95. The van der Waals surface area contributed by atoms with E-state index in [1.165, 1.54) is 12.1 Å². The third kappa shape index (κ3) is 7.39. The number of esters is 2. The Labute approximate surface area is 128 Å². The third-order valence-corrected chi connectivity index (χ3v) is 2.25. The summed E-state index contributed by atoms with van der Waals surface area (Å²) in [4.78, 5) is 32.1. The normalized spacial score (nSPS) is 9.23. The molecule has 1 rings (SSSR count). The van der Waals surface area contributed by atoms with E-state index in [0.717, 1.165) is 6.42 Å². The van der Waals surface area contributed by atoms with Crippen LogP contribution in [0.5, 0.6) is 0 Å². The van der Waals surface area contributed by atoms with Crippen molar-refractivity contribution in [1.82, 2.24) is 0 Å². The fourth-order valence-electron chi connectivity index (χ4n) is 1.32. The number of carbonyl (C=O) groups excluding carboxylic acids is 2. The first-order chi connectivity index (χ1) is 10.5. The van der Waals surface area contributed by atoms with E-state index >= 15 is 0 Å². The highest BCUT2D eigenvalue weighted by Gasteiger charge is 2.15. The van der Waals surface area contributed by atoms with Gasteiger partial charge in [-0.1, -0.05) is 19.1 Å². The lowest BCUT2D eigenvalue weighted by Crippen LogP contribution is -2.11. The summed E-state index contributed by atoms with van der Waals surface area (Å²) in [7, 11) is 0. The van der Waals surface area contributed by atoms with Gasteiger partial charge in [0.05, 0.1) is 24.3 Å². The molecule has 0 radical (unpaired) electrons. The van der Waals surface area contributed by atoms with Gasteiger partial charge in [0.15, 0.2) is 0 Å². The van der Waals surface area contributed by atoms with Gasteiger partial charge in [-0.15, -0.1) is 0 Å². The second kappa shape index (κ2) is 11.3. The van der Waals surface area contributed by atoms with Gasteiger partial charge in [-0.3, -0.25) is 0 Å². The lowest BCUT2D eigenvalue weighted by atomic mass is 10.1. The lowest BCUT2D eigenvalue weighted by Gasteiger charge is -2.04. The molecule has 1 aromatic rings. The average Bonchev–Trinajstić information content (AvgIpc) is 2.53. The fourth-order valence-corrected chi connectivity index (χ4v) is 1.32. The molecular weight excluding hydrogens is 292 g/mol. The molecule has 0 atom stereocenters. The molecule has 0 bridgehead atoms. The van der Waals surface area contributed by atoms with Gasteiger partial charge in [-0.2, -0.15) is 0 Å². The maximum absolute atomic E-state index is 11.3. The van der Waals surface area contributed by atoms with E-state index < -0.39 is 24.5 Å². The number of hydrogen-bond donors (Lipinski definition) is 2. The summed E-state index contributed by atoms with van der Waals surface area (Å²) in [6.45, 7) is 3.68. The maximum Gasteiger partial charge on any atom is 0.338 e. The van der Waals surface area contributed by atoms with Crippen LogP contribution in [0.4, 0.5) is 0 Å². The van der Waals surface area contributed by atoms with Crippen molar-refractivity contribution in [3.63, 3.8) is 0 Å². The Morgan fingerprint density at radius 1 is 1.05 bits per heavy atom. The van der Waals surface area contributed by atoms with Crippen molar-refractivity contribution in [2.24, 2.45) is 0 Å². The van der Waals surface area contributed by atoms with Crippen LogP contribution in [0, 0.1) is 0 Å². The zero-order chi connectivity index (χ0) is 17.0. The Kier molecular flexibility index (Phi) is 10.0. The lowest BCUT2D eigenvalue weighted by molar-refractivity contribution is -0.146. The molecule has 0 aliphatic carbocycles.